The molecule has 0 saturated carbocycles. The smallest absolute Gasteiger partial charge is 1.00 e. The number of phenolic OH excluding ortho intramolecular Hbond substituents is 1. The van der Waals surface area contributed by atoms with E-state index in [-0.39, 0.29) is 89.8 Å². The largest absolute Gasteiger partial charge is 1.00 e. The molecule has 0 spiro atoms. The van der Waals surface area contributed by atoms with Crippen LogP contribution in [0.3, 0.4) is 0 Å². The molecule has 0 aliphatic carbocycles. The summed E-state index contributed by atoms with van der Waals surface area (Å²) in [6.07, 6.45) is 0. The second-order valence-electron chi connectivity index (χ2n) is 7.77. The molecule has 0 unspecified atom stereocenters. The van der Waals surface area contributed by atoms with Gasteiger partial charge in [-0.25, -0.2) is 0 Å². The minimum atomic E-state index is -5.07. The van der Waals surface area contributed by atoms with Crippen molar-refractivity contribution in [3.8, 4) is 5.75 Å². The second-order valence-corrected chi connectivity index (χ2v) is 10.5. The molecule has 19 heteroatoms. The van der Waals surface area contributed by atoms with Gasteiger partial charge in [0, 0.05) is 12.1 Å². The van der Waals surface area contributed by atoms with Crippen molar-refractivity contribution in [2.24, 2.45) is 20.5 Å². The number of benzene rings is 4. The van der Waals surface area contributed by atoms with Gasteiger partial charge in [0.2, 0.25) is 0 Å². The molecule has 0 aromatic heterocycles. The average Bonchev–Trinajstić information content (AvgIpc) is 2.86. The van der Waals surface area contributed by atoms with Gasteiger partial charge in [-0.2, -0.15) is 27.1 Å². The van der Waals surface area contributed by atoms with E-state index in [0.717, 1.165) is 18.2 Å². The van der Waals surface area contributed by atoms with Gasteiger partial charge in [-0.3, -0.25) is 19.2 Å². The molecular weight excluding hydrogens is 602 g/mol. The first kappa shape index (κ1) is 34.4. The number of nitrogens with zero attached hydrogens (tertiary/aromatic N) is 5. The summed E-state index contributed by atoms with van der Waals surface area (Å²) in [5.74, 6) is -0.911. The molecule has 204 valence electrons. The normalized spacial score (nSPS) is 11.9. The SMILES string of the molecule is Nc1c(N=Nc2cccc([N+](=O)[O-])c2)c(S(=O)(=O)O)cc2cc(S(=O)(=O)O)c(N=Nc3ccccc3)c(O)c12.[H-].[H-].[Na+].[Na+]. The average molecular weight is 621 g/mol. The van der Waals surface area contributed by atoms with Gasteiger partial charge in [-0.15, -0.1) is 10.2 Å². The van der Waals surface area contributed by atoms with Gasteiger partial charge in [0.25, 0.3) is 25.9 Å². The zero-order valence-electron chi connectivity index (χ0n) is 23.3. The molecular formula is C22H18N6Na2O9S2. The van der Waals surface area contributed by atoms with E-state index < -0.39 is 57.8 Å². The third-order valence-corrected chi connectivity index (χ3v) is 6.93. The first-order valence-corrected chi connectivity index (χ1v) is 13.4. The molecule has 0 aliphatic heterocycles. The second kappa shape index (κ2) is 13.4. The van der Waals surface area contributed by atoms with Crippen molar-refractivity contribution in [2.45, 2.75) is 9.79 Å². The fraction of sp³-hybridized carbons (Fsp3) is 0. The minimum Gasteiger partial charge on any atom is -1.00 e. The number of aromatic hydroxyl groups is 1. The van der Waals surface area contributed by atoms with Crippen LogP contribution in [0.2, 0.25) is 0 Å². The Hall–Kier alpha value is -2.84. The fourth-order valence-corrected chi connectivity index (χ4v) is 4.81. The number of nitrogens with two attached hydrogens (primary N) is 1. The Bertz CT molecular complexity index is 1930. The maximum atomic E-state index is 12.1. The summed E-state index contributed by atoms with van der Waals surface area (Å²) in [7, 11) is -10.1. The van der Waals surface area contributed by atoms with Gasteiger partial charge >= 0.3 is 59.1 Å². The fourth-order valence-electron chi connectivity index (χ4n) is 3.48. The number of rotatable bonds is 7. The van der Waals surface area contributed by atoms with Crippen LogP contribution in [0.5, 0.6) is 5.75 Å². The van der Waals surface area contributed by atoms with Gasteiger partial charge < -0.3 is 13.7 Å². The molecule has 0 heterocycles. The van der Waals surface area contributed by atoms with Crippen molar-refractivity contribution in [2.75, 3.05) is 5.73 Å². The Kier molecular flexibility index (Phi) is 11.3. The van der Waals surface area contributed by atoms with Gasteiger partial charge in [-0.1, -0.05) is 24.3 Å². The molecule has 0 bridgehead atoms. The zero-order chi connectivity index (χ0) is 28.5. The molecule has 0 fully saturated rings. The molecule has 15 nitrogen and oxygen atoms in total. The number of azo groups is 2. The minimum absolute atomic E-state index is 0. The summed E-state index contributed by atoms with van der Waals surface area (Å²) in [5, 5.41) is 36.4. The molecule has 0 saturated heterocycles. The monoisotopic (exact) mass is 620 g/mol. The maximum Gasteiger partial charge on any atom is 1.00 e. The first-order chi connectivity index (χ1) is 18.3. The Balaban J connectivity index is 0.00000441. The topological polar surface area (TPSA) is 248 Å². The molecule has 4 aromatic rings. The Morgan fingerprint density at radius 3 is 1.83 bits per heavy atom. The molecule has 4 rings (SSSR count). The number of nitrogen functional groups attached to an aromatic ring is 1. The number of non-ortho nitro benzene ring substituents is 1. The van der Waals surface area contributed by atoms with Crippen molar-refractivity contribution in [1.29, 1.82) is 0 Å². The number of hydrogen-bond acceptors (Lipinski definition) is 12. The summed E-state index contributed by atoms with van der Waals surface area (Å²) in [6.45, 7) is 0. The Morgan fingerprint density at radius 2 is 1.27 bits per heavy atom. The molecule has 0 atom stereocenters. The number of phenols is 1. The van der Waals surface area contributed by atoms with E-state index in [1.165, 1.54) is 30.3 Å². The third kappa shape index (κ3) is 7.72. The van der Waals surface area contributed by atoms with Crippen LogP contribution in [0.1, 0.15) is 2.85 Å². The Labute approximate surface area is 279 Å². The van der Waals surface area contributed by atoms with Crippen LogP contribution in [0, 0.1) is 10.1 Å². The van der Waals surface area contributed by atoms with Crippen molar-refractivity contribution >= 4 is 65.1 Å². The number of fused-ring (bicyclic) bond motifs is 1. The van der Waals surface area contributed by atoms with Crippen molar-refractivity contribution in [1.82, 2.24) is 0 Å². The van der Waals surface area contributed by atoms with Gasteiger partial charge in [-0.05, 0) is 35.7 Å². The molecule has 5 N–H and O–H groups in total. The summed E-state index contributed by atoms with van der Waals surface area (Å²) < 4.78 is 68.0. The van der Waals surface area contributed by atoms with E-state index in [1.807, 2.05) is 0 Å². The quantitative estimate of drug-likeness (QED) is 0.0519. The predicted octanol–water partition coefficient (Wildman–Crippen LogP) is -0.407. The Morgan fingerprint density at radius 1 is 0.756 bits per heavy atom. The number of anilines is 1. The third-order valence-electron chi connectivity index (χ3n) is 5.20. The van der Waals surface area contributed by atoms with E-state index in [9.17, 15) is 41.2 Å². The number of nitro groups is 1. The van der Waals surface area contributed by atoms with Crippen LogP contribution >= 0.6 is 0 Å². The van der Waals surface area contributed by atoms with Crippen LogP contribution in [0.15, 0.2) is 97.0 Å². The van der Waals surface area contributed by atoms with Crippen LogP contribution in [-0.4, -0.2) is 36.0 Å². The van der Waals surface area contributed by atoms with Gasteiger partial charge in [0.05, 0.1) is 27.4 Å². The molecule has 0 radical (unpaired) electrons. The molecule has 0 amide bonds. The van der Waals surface area contributed by atoms with Crippen LogP contribution in [0.25, 0.3) is 10.8 Å². The summed E-state index contributed by atoms with van der Waals surface area (Å²) in [6, 6.07) is 14.3. The van der Waals surface area contributed by atoms with Crippen LogP contribution in [0.4, 0.5) is 34.1 Å². The van der Waals surface area contributed by atoms with Crippen LogP contribution in [-0.2, 0) is 20.2 Å². The van der Waals surface area contributed by atoms with Crippen LogP contribution < -0.4 is 64.8 Å². The van der Waals surface area contributed by atoms with Crippen molar-refractivity contribution in [3.63, 3.8) is 0 Å². The van der Waals surface area contributed by atoms with Crippen molar-refractivity contribution < 1.29 is 97.9 Å². The summed E-state index contributed by atoms with van der Waals surface area (Å²) >= 11 is 0. The molecule has 0 aliphatic rings. The number of hydrogen-bond donors (Lipinski definition) is 4. The maximum absolute atomic E-state index is 12.1. The molecule has 41 heavy (non-hydrogen) atoms. The van der Waals surface area contributed by atoms with E-state index in [1.54, 1.807) is 18.2 Å². The van der Waals surface area contributed by atoms with Gasteiger partial charge in [0.15, 0.2) is 5.75 Å². The number of nitro benzene ring substituents is 1. The molecule has 4 aromatic carbocycles. The predicted molar refractivity (Wildman–Crippen MR) is 140 cm³/mol. The zero-order valence-corrected chi connectivity index (χ0v) is 26.9. The summed E-state index contributed by atoms with van der Waals surface area (Å²) in [5.41, 5.74) is 4.00. The van der Waals surface area contributed by atoms with Gasteiger partial charge in [0.1, 0.15) is 21.2 Å². The van der Waals surface area contributed by atoms with E-state index in [0.29, 0.717) is 0 Å². The van der Waals surface area contributed by atoms with E-state index in [2.05, 4.69) is 20.5 Å². The summed E-state index contributed by atoms with van der Waals surface area (Å²) in [4.78, 5) is 8.47. The first-order valence-electron chi connectivity index (χ1n) is 10.5. The van der Waals surface area contributed by atoms with Crippen molar-refractivity contribution in [3.05, 3.63) is 76.8 Å². The van der Waals surface area contributed by atoms with E-state index in [4.69, 9.17) is 5.73 Å². The van der Waals surface area contributed by atoms with E-state index >= 15 is 0 Å². The standard InChI is InChI=1S/C22H16N6O9S2.2Na.2H/c23-19-18-12(10-17(39(35,36)37)21(22(18)29)27-24-13-5-2-1-3-6-13)9-16(38(32,33)34)20(19)26-25-14-7-4-8-15(11-14)28(30)31;;;;/h1-11,29H,23H2,(H,32,33,34)(H,35,36,37);;;;/q;2*+1;2*-1.